The van der Waals surface area contributed by atoms with E-state index in [9.17, 15) is 17.6 Å². The Morgan fingerprint density at radius 1 is 1.17 bits per heavy atom. The highest BCUT2D eigenvalue weighted by Gasteiger charge is 2.14. The summed E-state index contributed by atoms with van der Waals surface area (Å²) in [5.74, 6) is 4.09. The molecule has 124 valence electrons. The third-order valence-corrected chi connectivity index (χ3v) is 4.45. The number of sulfonamides is 1. The lowest BCUT2D eigenvalue weighted by Gasteiger charge is -2.05. The summed E-state index contributed by atoms with van der Waals surface area (Å²) in [6, 6.07) is 11.2. The number of hydrogen-bond donors (Lipinski definition) is 1. The minimum absolute atomic E-state index is 0.0113. The lowest BCUT2D eigenvalue weighted by Crippen LogP contribution is -2.24. The number of hydrogen-bond acceptors (Lipinski definition) is 4. The Kier molecular flexibility index (Phi) is 5.68. The maximum Gasteiger partial charge on any atom is 0.337 e. The third kappa shape index (κ3) is 4.41. The molecule has 0 saturated heterocycles. The van der Waals surface area contributed by atoms with E-state index < -0.39 is 21.8 Å². The van der Waals surface area contributed by atoms with E-state index in [0.29, 0.717) is 0 Å². The average Bonchev–Trinajstić information content (AvgIpc) is 2.59. The molecule has 2 aromatic rings. The molecular weight excluding hydrogens is 333 g/mol. The van der Waals surface area contributed by atoms with Crippen LogP contribution in [-0.4, -0.2) is 28.0 Å². The summed E-state index contributed by atoms with van der Waals surface area (Å²) in [6.07, 6.45) is 0. The number of methoxy groups -OCH3 is 1. The fourth-order valence-corrected chi connectivity index (χ4v) is 2.73. The highest BCUT2D eigenvalue weighted by Crippen LogP contribution is 2.11. The SMILES string of the molecule is COC(=O)c1ccc(S(=O)(=O)NCC#Cc2ccccc2F)cc1. The van der Waals surface area contributed by atoms with Gasteiger partial charge in [0.15, 0.2) is 0 Å². The second-order valence-electron chi connectivity index (χ2n) is 4.62. The second-order valence-corrected chi connectivity index (χ2v) is 6.39. The Balaban J connectivity index is 2.04. The number of esters is 1. The van der Waals surface area contributed by atoms with Gasteiger partial charge in [0.2, 0.25) is 10.0 Å². The highest BCUT2D eigenvalue weighted by molar-refractivity contribution is 7.89. The molecule has 0 spiro atoms. The van der Waals surface area contributed by atoms with Crippen LogP contribution >= 0.6 is 0 Å². The number of ether oxygens (including phenoxy) is 1. The predicted molar refractivity (Wildman–Crippen MR) is 86.2 cm³/mol. The van der Waals surface area contributed by atoms with Crippen LogP contribution in [0.5, 0.6) is 0 Å². The van der Waals surface area contributed by atoms with E-state index in [1.165, 1.54) is 43.5 Å². The van der Waals surface area contributed by atoms with E-state index in [4.69, 9.17) is 0 Å². The minimum Gasteiger partial charge on any atom is -0.465 e. The average molecular weight is 347 g/mol. The molecule has 2 aromatic carbocycles. The summed E-state index contributed by atoms with van der Waals surface area (Å²) in [5, 5.41) is 0. The quantitative estimate of drug-likeness (QED) is 0.678. The van der Waals surface area contributed by atoms with Crippen molar-refractivity contribution in [3.63, 3.8) is 0 Å². The Labute approximate surface area is 139 Å². The van der Waals surface area contributed by atoms with Crippen molar-refractivity contribution in [1.82, 2.24) is 4.72 Å². The Morgan fingerprint density at radius 2 is 1.83 bits per heavy atom. The molecule has 0 fully saturated rings. The lowest BCUT2D eigenvalue weighted by molar-refractivity contribution is 0.0600. The van der Waals surface area contributed by atoms with Crippen molar-refractivity contribution in [2.24, 2.45) is 0 Å². The van der Waals surface area contributed by atoms with Gasteiger partial charge in [-0.3, -0.25) is 0 Å². The summed E-state index contributed by atoms with van der Waals surface area (Å²) in [7, 11) is -2.53. The fourth-order valence-electron chi connectivity index (χ4n) is 1.80. The molecule has 2 rings (SSSR count). The molecule has 0 radical (unpaired) electrons. The second kappa shape index (κ2) is 7.73. The van der Waals surface area contributed by atoms with E-state index in [2.05, 4.69) is 21.3 Å². The molecule has 1 N–H and O–H groups in total. The van der Waals surface area contributed by atoms with Crippen LogP contribution in [0.3, 0.4) is 0 Å². The Hall–Kier alpha value is -2.69. The lowest BCUT2D eigenvalue weighted by atomic mass is 10.2. The van der Waals surface area contributed by atoms with E-state index in [1.807, 2.05) is 0 Å². The van der Waals surface area contributed by atoms with Crippen molar-refractivity contribution in [3.05, 3.63) is 65.5 Å². The maximum atomic E-state index is 13.4. The first-order chi connectivity index (χ1) is 11.4. The van der Waals surface area contributed by atoms with Crippen LogP contribution in [0.15, 0.2) is 53.4 Å². The molecule has 7 heteroatoms. The molecule has 0 atom stereocenters. The van der Waals surface area contributed by atoms with Gasteiger partial charge in [0.1, 0.15) is 5.82 Å². The summed E-state index contributed by atoms with van der Waals surface area (Å²) in [4.78, 5) is 11.3. The summed E-state index contributed by atoms with van der Waals surface area (Å²) >= 11 is 0. The molecule has 0 aromatic heterocycles. The molecule has 0 aliphatic heterocycles. The first kappa shape index (κ1) is 17.7. The van der Waals surface area contributed by atoms with Crippen molar-refractivity contribution >= 4 is 16.0 Å². The molecule has 0 heterocycles. The number of benzene rings is 2. The third-order valence-electron chi connectivity index (χ3n) is 3.03. The van der Waals surface area contributed by atoms with Crippen LogP contribution < -0.4 is 4.72 Å². The van der Waals surface area contributed by atoms with Crippen molar-refractivity contribution in [1.29, 1.82) is 0 Å². The first-order valence-electron chi connectivity index (χ1n) is 6.85. The number of carbonyl (C=O) groups is 1. The van der Waals surface area contributed by atoms with Crippen LogP contribution in [0.25, 0.3) is 0 Å². The van der Waals surface area contributed by atoms with Crippen molar-refractivity contribution in [3.8, 4) is 11.8 Å². The number of nitrogens with one attached hydrogen (secondary N) is 1. The van der Waals surface area contributed by atoms with Gasteiger partial charge in [-0.05, 0) is 36.4 Å². The zero-order valence-corrected chi connectivity index (χ0v) is 13.6. The van der Waals surface area contributed by atoms with Gasteiger partial charge >= 0.3 is 5.97 Å². The van der Waals surface area contributed by atoms with Gasteiger partial charge in [-0.15, -0.1) is 0 Å². The summed E-state index contributed by atoms with van der Waals surface area (Å²) < 4.78 is 44.4. The first-order valence-corrected chi connectivity index (χ1v) is 8.34. The van der Waals surface area contributed by atoms with E-state index >= 15 is 0 Å². The molecule has 0 aliphatic carbocycles. The zero-order valence-electron chi connectivity index (χ0n) is 12.7. The smallest absolute Gasteiger partial charge is 0.337 e. The van der Waals surface area contributed by atoms with Gasteiger partial charge in [0, 0.05) is 0 Å². The maximum absolute atomic E-state index is 13.4. The van der Waals surface area contributed by atoms with Crippen molar-refractivity contribution in [2.45, 2.75) is 4.90 Å². The van der Waals surface area contributed by atoms with E-state index in [1.54, 1.807) is 12.1 Å². The molecule has 0 aliphatic rings. The largest absolute Gasteiger partial charge is 0.465 e. The van der Waals surface area contributed by atoms with Gasteiger partial charge in [-0.2, -0.15) is 4.72 Å². The van der Waals surface area contributed by atoms with Crippen LogP contribution in [0, 0.1) is 17.7 Å². The predicted octanol–water partition coefficient (Wildman–Crippen LogP) is 1.94. The summed E-state index contributed by atoms with van der Waals surface area (Å²) in [6.45, 7) is -0.171. The van der Waals surface area contributed by atoms with Gasteiger partial charge in [-0.25, -0.2) is 17.6 Å². The van der Waals surface area contributed by atoms with E-state index in [-0.39, 0.29) is 22.6 Å². The van der Waals surface area contributed by atoms with Crippen LogP contribution in [0.4, 0.5) is 4.39 Å². The molecule has 0 amide bonds. The molecule has 0 unspecified atom stereocenters. The zero-order chi connectivity index (χ0) is 17.6. The molecular formula is C17H14FNO4S. The van der Waals surface area contributed by atoms with Crippen LogP contribution in [0.1, 0.15) is 15.9 Å². The molecule has 5 nitrogen and oxygen atoms in total. The number of carbonyl (C=O) groups excluding carboxylic acids is 1. The highest BCUT2D eigenvalue weighted by atomic mass is 32.2. The van der Waals surface area contributed by atoms with E-state index in [0.717, 1.165) is 0 Å². The fraction of sp³-hybridized carbons (Fsp3) is 0.118. The van der Waals surface area contributed by atoms with Gasteiger partial charge in [-0.1, -0.05) is 24.0 Å². The van der Waals surface area contributed by atoms with Gasteiger partial charge < -0.3 is 4.74 Å². The monoisotopic (exact) mass is 347 g/mol. The van der Waals surface area contributed by atoms with Crippen molar-refractivity contribution in [2.75, 3.05) is 13.7 Å². The van der Waals surface area contributed by atoms with Crippen molar-refractivity contribution < 1.29 is 22.3 Å². The van der Waals surface area contributed by atoms with Gasteiger partial charge in [0.25, 0.3) is 0 Å². The normalized spacial score (nSPS) is 10.6. The van der Waals surface area contributed by atoms with Crippen LogP contribution in [0.2, 0.25) is 0 Å². The molecule has 0 saturated carbocycles. The number of halogens is 1. The molecule has 24 heavy (non-hydrogen) atoms. The Bertz CT molecular complexity index is 896. The number of rotatable bonds is 4. The Morgan fingerprint density at radius 3 is 2.46 bits per heavy atom. The topological polar surface area (TPSA) is 72.5 Å². The minimum atomic E-state index is -3.77. The standard InChI is InChI=1S/C17H14FNO4S/c1-23-17(20)14-8-10-15(11-9-14)24(21,22)19-12-4-6-13-5-2-3-7-16(13)18/h2-3,5,7-11,19H,12H2,1H3. The van der Waals surface area contributed by atoms with Gasteiger partial charge in [0.05, 0.1) is 29.7 Å². The summed E-state index contributed by atoms with van der Waals surface area (Å²) in [5.41, 5.74) is 0.440. The molecule has 0 bridgehead atoms. The van der Waals surface area contributed by atoms with Crippen LogP contribution in [-0.2, 0) is 14.8 Å².